The Balaban J connectivity index is 1.94. The normalized spacial score (nSPS) is 11.8. The first-order valence-corrected chi connectivity index (χ1v) is 9.86. The van der Waals surface area contributed by atoms with Crippen molar-refractivity contribution in [2.75, 3.05) is 11.1 Å². The maximum atomic E-state index is 13.4. The first-order chi connectivity index (χ1) is 14.9. The third kappa shape index (κ3) is 3.67. The number of benzene rings is 2. The lowest BCUT2D eigenvalue weighted by Crippen LogP contribution is -2.27. The van der Waals surface area contributed by atoms with Crippen LogP contribution in [0.15, 0.2) is 53.3 Å². The maximum absolute atomic E-state index is 13.4. The van der Waals surface area contributed by atoms with E-state index in [4.69, 9.17) is 22.3 Å². The summed E-state index contributed by atoms with van der Waals surface area (Å²) in [5.41, 5.74) is 6.83. The van der Waals surface area contributed by atoms with Crippen LogP contribution in [0.5, 0.6) is 0 Å². The van der Waals surface area contributed by atoms with Gasteiger partial charge in [0.2, 0.25) is 0 Å². The van der Waals surface area contributed by atoms with E-state index in [9.17, 15) is 10.1 Å². The number of nitriles is 1. The van der Waals surface area contributed by atoms with Crippen LogP contribution in [0.1, 0.15) is 30.2 Å². The minimum atomic E-state index is -0.519. The van der Waals surface area contributed by atoms with Crippen molar-refractivity contribution < 1.29 is 0 Å². The molecule has 0 saturated carbocycles. The van der Waals surface area contributed by atoms with E-state index in [1.165, 1.54) is 4.57 Å². The molecule has 0 spiro atoms. The number of fused-ring (bicyclic) bond motifs is 1. The van der Waals surface area contributed by atoms with Crippen LogP contribution in [0, 0.1) is 18.3 Å². The van der Waals surface area contributed by atoms with Crippen LogP contribution in [-0.2, 0) is 0 Å². The molecule has 0 radical (unpaired) electrons. The molecular formula is C22H18ClN7O. The summed E-state index contributed by atoms with van der Waals surface area (Å²) in [5, 5.41) is 13.4. The summed E-state index contributed by atoms with van der Waals surface area (Å²) in [4.78, 5) is 26.5. The zero-order chi connectivity index (χ0) is 22.1. The van der Waals surface area contributed by atoms with Crippen LogP contribution in [-0.4, -0.2) is 19.5 Å². The molecule has 2 aromatic carbocycles. The van der Waals surface area contributed by atoms with Gasteiger partial charge in [0.05, 0.1) is 27.7 Å². The number of aryl methyl sites for hydroxylation is 1. The summed E-state index contributed by atoms with van der Waals surface area (Å²) >= 11 is 6.34. The Morgan fingerprint density at radius 2 is 1.87 bits per heavy atom. The fraction of sp³-hybridized carbons (Fsp3) is 0.136. The largest absolute Gasteiger partial charge is 0.382 e. The van der Waals surface area contributed by atoms with Crippen molar-refractivity contribution in [3.8, 4) is 11.8 Å². The van der Waals surface area contributed by atoms with Crippen molar-refractivity contribution in [3.05, 3.63) is 81.1 Å². The van der Waals surface area contributed by atoms with E-state index < -0.39 is 6.04 Å². The van der Waals surface area contributed by atoms with Crippen LogP contribution in [0.2, 0.25) is 5.02 Å². The number of nitrogens with zero attached hydrogens (tertiary/aromatic N) is 5. The van der Waals surface area contributed by atoms with E-state index in [0.717, 1.165) is 0 Å². The molecule has 31 heavy (non-hydrogen) atoms. The van der Waals surface area contributed by atoms with Gasteiger partial charge in [-0.3, -0.25) is 9.36 Å². The van der Waals surface area contributed by atoms with Gasteiger partial charge in [0.1, 0.15) is 29.1 Å². The molecule has 0 bridgehead atoms. The number of halogens is 1. The van der Waals surface area contributed by atoms with Gasteiger partial charge in [-0.25, -0.2) is 15.0 Å². The summed E-state index contributed by atoms with van der Waals surface area (Å²) in [6.07, 6.45) is 0. The highest BCUT2D eigenvalue weighted by atomic mass is 35.5. The Morgan fingerprint density at radius 1 is 1.13 bits per heavy atom. The molecule has 8 nitrogen and oxygen atoms in total. The second kappa shape index (κ2) is 8.05. The summed E-state index contributed by atoms with van der Waals surface area (Å²) in [5.74, 6) is 1.18. The van der Waals surface area contributed by atoms with Crippen molar-refractivity contribution in [1.29, 1.82) is 5.26 Å². The smallest absolute Gasteiger partial charge is 0.266 e. The molecule has 9 heteroatoms. The van der Waals surface area contributed by atoms with Gasteiger partial charge in [-0.15, -0.1) is 0 Å². The number of nitrogen functional groups attached to an aromatic ring is 1. The first kappa shape index (κ1) is 20.3. The topological polar surface area (TPSA) is 123 Å². The van der Waals surface area contributed by atoms with Crippen LogP contribution >= 0.6 is 11.6 Å². The zero-order valence-electron chi connectivity index (χ0n) is 16.8. The second-order valence-electron chi connectivity index (χ2n) is 6.94. The number of para-hydroxylation sites is 2. The van der Waals surface area contributed by atoms with Gasteiger partial charge in [0.25, 0.3) is 5.56 Å². The lowest BCUT2D eigenvalue weighted by molar-refractivity contribution is 0.729. The molecule has 0 fully saturated rings. The third-order valence-electron chi connectivity index (χ3n) is 4.79. The predicted octanol–water partition coefficient (Wildman–Crippen LogP) is 3.76. The summed E-state index contributed by atoms with van der Waals surface area (Å²) in [6, 6.07) is 15.8. The Morgan fingerprint density at radius 3 is 2.58 bits per heavy atom. The van der Waals surface area contributed by atoms with Crippen molar-refractivity contribution in [2.45, 2.75) is 19.9 Å². The van der Waals surface area contributed by atoms with Gasteiger partial charge >= 0.3 is 0 Å². The van der Waals surface area contributed by atoms with E-state index in [0.29, 0.717) is 33.3 Å². The minimum absolute atomic E-state index is 0.0830. The van der Waals surface area contributed by atoms with Gasteiger partial charge < -0.3 is 11.1 Å². The van der Waals surface area contributed by atoms with Gasteiger partial charge in [-0.2, -0.15) is 5.26 Å². The predicted molar refractivity (Wildman–Crippen MR) is 120 cm³/mol. The second-order valence-corrected chi connectivity index (χ2v) is 7.35. The van der Waals surface area contributed by atoms with Gasteiger partial charge in [0.15, 0.2) is 5.82 Å². The summed E-state index contributed by atoms with van der Waals surface area (Å²) < 4.78 is 1.53. The molecule has 4 rings (SSSR count). The van der Waals surface area contributed by atoms with Crippen molar-refractivity contribution >= 4 is 34.1 Å². The molecule has 2 heterocycles. The SMILES string of the molecule is Cc1nc(N)c(C#N)c(N[C@@H](C)c2nc3c(Cl)cccc3c(=O)n2-c2ccccc2)n1. The van der Waals surface area contributed by atoms with E-state index >= 15 is 0 Å². The zero-order valence-corrected chi connectivity index (χ0v) is 17.6. The number of nitrogens with one attached hydrogen (secondary N) is 1. The standard InChI is InChI=1S/C22H18ClN7O/c1-12(26-20-16(11-24)19(25)27-13(2)28-20)21-29-18-15(9-6-10-17(18)23)22(31)30(21)14-7-4-3-5-8-14/h3-10,12H,1-2H3,(H3,25,26,27,28)/t12-/m0/s1. The molecule has 0 aliphatic heterocycles. The highest BCUT2D eigenvalue weighted by molar-refractivity contribution is 6.35. The fourth-order valence-corrected chi connectivity index (χ4v) is 3.60. The summed E-state index contributed by atoms with van der Waals surface area (Å²) in [6.45, 7) is 3.50. The monoisotopic (exact) mass is 431 g/mol. The number of aromatic nitrogens is 4. The molecule has 0 amide bonds. The number of nitrogens with two attached hydrogens (primary N) is 1. The van der Waals surface area contributed by atoms with Crippen LogP contribution < -0.4 is 16.6 Å². The number of hydrogen-bond donors (Lipinski definition) is 2. The van der Waals surface area contributed by atoms with Crippen LogP contribution in [0.3, 0.4) is 0 Å². The van der Waals surface area contributed by atoms with Gasteiger partial charge in [-0.1, -0.05) is 35.9 Å². The Labute approximate surface area is 183 Å². The average molecular weight is 432 g/mol. The van der Waals surface area contributed by atoms with E-state index in [2.05, 4.69) is 15.3 Å². The molecular weight excluding hydrogens is 414 g/mol. The Kier molecular flexibility index (Phi) is 5.28. The third-order valence-corrected chi connectivity index (χ3v) is 5.10. The van der Waals surface area contributed by atoms with Crippen molar-refractivity contribution in [3.63, 3.8) is 0 Å². The molecule has 0 saturated heterocycles. The maximum Gasteiger partial charge on any atom is 0.266 e. The molecule has 4 aromatic rings. The molecule has 154 valence electrons. The molecule has 2 aromatic heterocycles. The number of rotatable bonds is 4. The van der Waals surface area contributed by atoms with E-state index in [-0.39, 0.29) is 22.8 Å². The highest BCUT2D eigenvalue weighted by Gasteiger charge is 2.21. The quantitative estimate of drug-likeness (QED) is 0.504. The first-order valence-electron chi connectivity index (χ1n) is 9.48. The molecule has 0 aliphatic carbocycles. The molecule has 3 N–H and O–H groups in total. The summed E-state index contributed by atoms with van der Waals surface area (Å²) in [7, 11) is 0. The van der Waals surface area contributed by atoms with Gasteiger partial charge in [-0.05, 0) is 38.1 Å². The Hall–Kier alpha value is -3.96. The van der Waals surface area contributed by atoms with Crippen LogP contribution in [0.4, 0.5) is 11.6 Å². The molecule has 1 atom stereocenters. The lowest BCUT2D eigenvalue weighted by Gasteiger charge is -2.21. The Bertz CT molecular complexity index is 1390. The fourth-order valence-electron chi connectivity index (χ4n) is 3.39. The molecule has 0 aliphatic rings. The lowest BCUT2D eigenvalue weighted by atomic mass is 10.2. The number of hydrogen-bond acceptors (Lipinski definition) is 7. The highest BCUT2D eigenvalue weighted by Crippen LogP contribution is 2.26. The van der Waals surface area contributed by atoms with Crippen LogP contribution in [0.25, 0.3) is 16.6 Å². The average Bonchev–Trinajstić information content (AvgIpc) is 2.74. The van der Waals surface area contributed by atoms with E-state index in [1.54, 1.807) is 25.1 Å². The van der Waals surface area contributed by atoms with Crippen molar-refractivity contribution in [1.82, 2.24) is 19.5 Å². The minimum Gasteiger partial charge on any atom is -0.382 e. The van der Waals surface area contributed by atoms with E-state index in [1.807, 2.05) is 43.3 Å². The van der Waals surface area contributed by atoms with Gasteiger partial charge in [0, 0.05) is 0 Å². The number of anilines is 2. The van der Waals surface area contributed by atoms with Crippen molar-refractivity contribution in [2.24, 2.45) is 0 Å². The molecule has 0 unspecified atom stereocenters.